The van der Waals surface area contributed by atoms with E-state index in [1.165, 1.54) is 5.56 Å². The third kappa shape index (κ3) is 2.40. The molecule has 0 bridgehead atoms. The van der Waals surface area contributed by atoms with Crippen molar-refractivity contribution in [1.29, 1.82) is 0 Å². The van der Waals surface area contributed by atoms with Crippen LogP contribution in [0.25, 0.3) is 0 Å². The second kappa shape index (κ2) is 4.69. The van der Waals surface area contributed by atoms with Crippen LogP contribution in [0.15, 0.2) is 46.1 Å². The number of hydrogen-bond donors (Lipinski definition) is 0. The molecule has 1 aromatic carbocycles. The van der Waals surface area contributed by atoms with E-state index < -0.39 is 0 Å². The van der Waals surface area contributed by atoms with Crippen LogP contribution in [-0.2, 0) is 11.2 Å². The van der Waals surface area contributed by atoms with Crippen molar-refractivity contribution in [3.63, 3.8) is 0 Å². The van der Waals surface area contributed by atoms with Crippen molar-refractivity contribution in [2.45, 2.75) is 6.42 Å². The van der Waals surface area contributed by atoms with Crippen molar-refractivity contribution in [2.24, 2.45) is 4.99 Å². The van der Waals surface area contributed by atoms with Crippen molar-refractivity contribution >= 4 is 23.1 Å². The lowest BCUT2D eigenvalue weighted by atomic mass is 10.1. The molecule has 2 rings (SSSR count). The fourth-order valence-electron chi connectivity index (χ4n) is 1.43. The highest BCUT2D eigenvalue weighted by Crippen LogP contribution is 2.22. The van der Waals surface area contributed by atoms with Crippen molar-refractivity contribution < 1.29 is 4.79 Å². The Balaban J connectivity index is 2.31. The van der Waals surface area contributed by atoms with Crippen LogP contribution in [0.3, 0.4) is 0 Å². The van der Waals surface area contributed by atoms with Gasteiger partial charge in [0.05, 0.1) is 5.69 Å². The number of thiophene rings is 1. The monoisotopic (exact) mass is 215 g/mol. The van der Waals surface area contributed by atoms with Gasteiger partial charge < -0.3 is 0 Å². The van der Waals surface area contributed by atoms with E-state index in [0.717, 1.165) is 12.0 Å². The quantitative estimate of drug-likeness (QED) is 0.570. The highest BCUT2D eigenvalue weighted by atomic mass is 32.1. The minimum absolute atomic E-state index is 0.707. The molecule has 0 N–H and O–H groups in total. The van der Waals surface area contributed by atoms with E-state index in [0.29, 0.717) is 5.69 Å². The topological polar surface area (TPSA) is 29.4 Å². The summed E-state index contributed by atoms with van der Waals surface area (Å²) in [6, 6.07) is 9.70. The zero-order valence-electron chi connectivity index (χ0n) is 8.01. The van der Waals surface area contributed by atoms with Gasteiger partial charge in [-0.1, -0.05) is 18.2 Å². The molecule has 0 amide bonds. The van der Waals surface area contributed by atoms with Crippen LogP contribution >= 0.6 is 11.3 Å². The van der Waals surface area contributed by atoms with Gasteiger partial charge in [-0.3, -0.25) is 0 Å². The van der Waals surface area contributed by atoms with Gasteiger partial charge in [0.1, 0.15) is 0 Å². The number of isocyanates is 1. The molecular weight excluding hydrogens is 206 g/mol. The largest absolute Gasteiger partial charge is 0.240 e. The molecule has 2 aromatic rings. The average Bonchev–Trinajstić information content (AvgIpc) is 2.74. The van der Waals surface area contributed by atoms with E-state index >= 15 is 0 Å². The van der Waals surface area contributed by atoms with E-state index in [9.17, 15) is 4.79 Å². The fourth-order valence-corrected chi connectivity index (χ4v) is 2.10. The van der Waals surface area contributed by atoms with Gasteiger partial charge >= 0.3 is 0 Å². The lowest BCUT2D eigenvalue weighted by Gasteiger charge is -2.01. The molecule has 0 aliphatic heterocycles. The average molecular weight is 215 g/mol. The van der Waals surface area contributed by atoms with Crippen LogP contribution in [0.1, 0.15) is 11.1 Å². The minimum Gasteiger partial charge on any atom is -0.211 e. The molecule has 0 saturated heterocycles. The van der Waals surface area contributed by atoms with Gasteiger partial charge in [0.25, 0.3) is 0 Å². The Bertz CT molecular complexity index is 484. The summed E-state index contributed by atoms with van der Waals surface area (Å²) in [4.78, 5) is 13.9. The first-order valence-electron chi connectivity index (χ1n) is 4.57. The molecule has 0 radical (unpaired) electrons. The molecule has 0 aliphatic carbocycles. The van der Waals surface area contributed by atoms with Crippen molar-refractivity contribution in [1.82, 2.24) is 0 Å². The molecule has 15 heavy (non-hydrogen) atoms. The summed E-state index contributed by atoms with van der Waals surface area (Å²) in [6.45, 7) is 0. The van der Waals surface area contributed by atoms with Crippen molar-refractivity contribution in [3.8, 4) is 0 Å². The number of benzene rings is 1. The molecule has 0 saturated carbocycles. The maximum absolute atomic E-state index is 10.2. The number of carbonyl (C=O) groups excluding carboxylic acids is 1. The van der Waals surface area contributed by atoms with Gasteiger partial charge in [0.15, 0.2) is 0 Å². The maximum Gasteiger partial charge on any atom is 0.240 e. The number of hydrogen-bond acceptors (Lipinski definition) is 3. The Morgan fingerprint density at radius 3 is 2.87 bits per heavy atom. The molecule has 0 spiro atoms. The lowest BCUT2D eigenvalue weighted by Crippen LogP contribution is -1.85. The van der Waals surface area contributed by atoms with Crippen LogP contribution in [0.5, 0.6) is 0 Å². The van der Waals surface area contributed by atoms with Gasteiger partial charge in [-0.2, -0.15) is 16.3 Å². The molecule has 3 heteroatoms. The summed E-state index contributed by atoms with van der Waals surface area (Å²) >= 11 is 1.67. The Labute approximate surface area is 91.9 Å². The number of aliphatic imine (C=N–C) groups is 1. The first-order chi connectivity index (χ1) is 7.40. The Kier molecular flexibility index (Phi) is 3.08. The standard InChI is InChI=1S/C12H9NOS/c14-9-13-12-4-2-1-3-11(12)7-10-5-6-15-8-10/h1-6,8H,7H2. The molecule has 1 aromatic heterocycles. The number of rotatable bonds is 3. The number of para-hydroxylation sites is 1. The summed E-state index contributed by atoms with van der Waals surface area (Å²) < 4.78 is 0. The Morgan fingerprint density at radius 2 is 2.13 bits per heavy atom. The van der Waals surface area contributed by atoms with Crippen molar-refractivity contribution in [3.05, 3.63) is 52.2 Å². The van der Waals surface area contributed by atoms with Crippen LogP contribution in [-0.4, -0.2) is 6.08 Å². The molecular formula is C12H9NOS. The third-order valence-electron chi connectivity index (χ3n) is 2.13. The number of nitrogens with zero attached hydrogens (tertiary/aromatic N) is 1. The predicted octanol–water partition coefficient (Wildman–Crippen LogP) is 3.31. The summed E-state index contributed by atoms with van der Waals surface area (Å²) in [5.74, 6) is 0. The van der Waals surface area contributed by atoms with Crippen LogP contribution in [0.4, 0.5) is 5.69 Å². The summed E-state index contributed by atoms with van der Waals surface area (Å²) in [5, 5.41) is 4.14. The minimum atomic E-state index is 0.707. The smallest absolute Gasteiger partial charge is 0.211 e. The summed E-state index contributed by atoms with van der Waals surface area (Å²) in [5.41, 5.74) is 3.01. The SMILES string of the molecule is O=C=Nc1ccccc1Cc1ccsc1. The van der Waals surface area contributed by atoms with Gasteiger partial charge in [-0.15, -0.1) is 0 Å². The van der Waals surface area contributed by atoms with Gasteiger partial charge in [0.2, 0.25) is 6.08 Å². The van der Waals surface area contributed by atoms with Gasteiger partial charge in [0, 0.05) is 6.42 Å². The van der Waals surface area contributed by atoms with E-state index in [4.69, 9.17) is 0 Å². The molecule has 1 heterocycles. The fraction of sp³-hybridized carbons (Fsp3) is 0.0833. The van der Waals surface area contributed by atoms with E-state index in [1.54, 1.807) is 17.4 Å². The lowest BCUT2D eigenvalue weighted by molar-refractivity contribution is 0.565. The van der Waals surface area contributed by atoms with E-state index in [-0.39, 0.29) is 0 Å². The maximum atomic E-state index is 10.2. The van der Waals surface area contributed by atoms with E-state index in [1.807, 2.05) is 29.6 Å². The summed E-state index contributed by atoms with van der Waals surface area (Å²) in [6.07, 6.45) is 2.39. The van der Waals surface area contributed by atoms with E-state index in [2.05, 4.69) is 16.4 Å². The Hall–Kier alpha value is -1.70. The molecule has 0 fully saturated rings. The normalized spacial score (nSPS) is 9.60. The van der Waals surface area contributed by atoms with Crippen LogP contribution in [0.2, 0.25) is 0 Å². The zero-order valence-corrected chi connectivity index (χ0v) is 8.83. The van der Waals surface area contributed by atoms with Gasteiger partial charge in [-0.25, -0.2) is 4.79 Å². The van der Waals surface area contributed by atoms with Gasteiger partial charge in [-0.05, 0) is 34.0 Å². The zero-order chi connectivity index (χ0) is 10.5. The Morgan fingerprint density at radius 1 is 1.27 bits per heavy atom. The third-order valence-corrected chi connectivity index (χ3v) is 2.86. The van der Waals surface area contributed by atoms with Crippen LogP contribution < -0.4 is 0 Å². The molecule has 2 nitrogen and oxygen atoms in total. The molecule has 0 unspecified atom stereocenters. The second-order valence-electron chi connectivity index (χ2n) is 3.14. The van der Waals surface area contributed by atoms with Crippen LogP contribution in [0, 0.1) is 0 Å². The highest BCUT2D eigenvalue weighted by Gasteiger charge is 2.01. The first kappa shape index (κ1) is 9.84. The molecule has 0 aliphatic rings. The predicted molar refractivity (Wildman–Crippen MR) is 61.3 cm³/mol. The molecule has 74 valence electrons. The second-order valence-corrected chi connectivity index (χ2v) is 3.92. The first-order valence-corrected chi connectivity index (χ1v) is 5.51. The molecule has 0 atom stereocenters. The summed E-state index contributed by atoms with van der Waals surface area (Å²) in [7, 11) is 0. The van der Waals surface area contributed by atoms with Crippen molar-refractivity contribution in [2.75, 3.05) is 0 Å². The highest BCUT2D eigenvalue weighted by molar-refractivity contribution is 7.07.